The Kier molecular flexibility index (Phi) is 4.27. The van der Waals surface area contributed by atoms with Crippen molar-refractivity contribution < 1.29 is 18.5 Å². The van der Waals surface area contributed by atoms with Gasteiger partial charge < -0.3 is 18.6 Å². The molecule has 9 heteroatoms. The van der Waals surface area contributed by atoms with Crippen LogP contribution in [0.2, 0.25) is 0 Å². The van der Waals surface area contributed by atoms with Gasteiger partial charge in [-0.3, -0.25) is 9.78 Å². The van der Waals surface area contributed by atoms with Gasteiger partial charge in [-0.1, -0.05) is 17.3 Å². The molecule has 0 spiro atoms. The highest BCUT2D eigenvalue weighted by Gasteiger charge is 2.37. The monoisotopic (exact) mass is 404 g/mol. The molecule has 1 aliphatic rings. The number of hydrogen-bond acceptors (Lipinski definition) is 8. The lowest BCUT2D eigenvalue weighted by Crippen LogP contribution is -2.49. The van der Waals surface area contributed by atoms with Gasteiger partial charge in [0.05, 0.1) is 13.0 Å². The summed E-state index contributed by atoms with van der Waals surface area (Å²) in [6.07, 6.45) is 3.31. The van der Waals surface area contributed by atoms with Crippen molar-refractivity contribution in [1.29, 1.82) is 0 Å². The van der Waals surface area contributed by atoms with Crippen molar-refractivity contribution in [1.82, 2.24) is 20.0 Å². The number of fused-ring (bicyclic) bond motifs is 1. The molecule has 1 aromatic carbocycles. The summed E-state index contributed by atoms with van der Waals surface area (Å²) in [6, 6.07) is 10.3. The van der Waals surface area contributed by atoms with Crippen LogP contribution in [0.3, 0.4) is 0 Å². The number of carbonyl (C=O) groups is 1. The largest absolute Gasteiger partial charge is 0.493 e. The normalized spacial score (nSPS) is 14.0. The number of methoxy groups -OCH3 is 1. The summed E-state index contributed by atoms with van der Waals surface area (Å²) in [5.41, 5.74) is 0.407. The minimum Gasteiger partial charge on any atom is -0.493 e. The Bertz CT molecular complexity index is 1290. The van der Waals surface area contributed by atoms with Crippen molar-refractivity contribution in [2.75, 3.05) is 20.2 Å². The molecule has 9 nitrogen and oxygen atoms in total. The third kappa shape index (κ3) is 3.00. The van der Waals surface area contributed by atoms with E-state index in [0.29, 0.717) is 41.5 Å². The lowest BCUT2D eigenvalue weighted by molar-refractivity contribution is 0.0565. The van der Waals surface area contributed by atoms with Crippen LogP contribution in [0.1, 0.15) is 22.2 Å². The second-order valence-electron chi connectivity index (χ2n) is 6.93. The van der Waals surface area contributed by atoms with Gasteiger partial charge in [0, 0.05) is 36.4 Å². The molecule has 1 amide bonds. The fourth-order valence-electron chi connectivity index (χ4n) is 3.42. The number of aromatic nitrogens is 3. The third-order valence-electron chi connectivity index (χ3n) is 5.07. The summed E-state index contributed by atoms with van der Waals surface area (Å²) < 4.78 is 15.9. The Labute approximate surface area is 169 Å². The van der Waals surface area contributed by atoms with Gasteiger partial charge in [0.25, 0.3) is 5.91 Å². The topological polar surface area (TPSA) is 112 Å². The van der Waals surface area contributed by atoms with Gasteiger partial charge in [-0.15, -0.1) is 0 Å². The quantitative estimate of drug-likeness (QED) is 0.477. The van der Waals surface area contributed by atoms with Crippen LogP contribution in [-0.4, -0.2) is 46.1 Å². The molecule has 4 aromatic rings. The first-order valence-electron chi connectivity index (χ1n) is 9.28. The van der Waals surface area contributed by atoms with Gasteiger partial charge in [-0.05, 0) is 24.3 Å². The standard InChI is InChI=1S/C21H16N4O5/c1-28-16-4-2-3-13-9-15(21(27)29-17(13)16)20(26)25-10-14(11-25)19-23-18(24-30-19)12-5-7-22-8-6-12/h2-9,14H,10-11H2,1H3. The van der Waals surface area contributed by atoms with Crippen LogP contribution in [0, 0.1) is 0 Å². The number of pyridine rings is 1. The molecule has 0 saturated carbocycles. The fourth-order valence-corrected chi connectivity index (χ4v) is 3.42. The molecule has 0 atom stereocenters. The SMILES string of the molecule is COc1cccc2cc(C(=O)N3CC(c4nc(-c5ccncc5)no4)C3)c(=O)oc12. The maximum atomic E-state index is 12.8. The van der Waals surface area contributed by atoms with Gasteiger partial charge in [0.1, 0.15) is 5.56 Å². The number of rotatable bonds is 4. The van der Waals surface area contributed by atoms with E-state index in [-0.39, 0.29) is 11.5 Å². The summed E-state index contributed by atoms with van der Waals surface area (Å²) in [7, 11) is 1.49. The zero-order valence-electron chi connectivity index (χ0n) is 15.9. The first kappa shape index (κ1) is 18.0. The van der Waals surface area contributed by atoms with Crippen molar-refractivity contribution in [2.24, 2.45) is 0 Å². The van der Waals surface area contributed by atoms with E-state index < -0.39 is 11.5 Å². The number of nitrogens with zero attached hydrogens (tertiary/aromatic N) is 4. The van der Waals surface area contributed by atoms with Crippen molar-refractivity contribution >= 4 is 16.9 Å². The highest BCUT2D eigenvalue weighted by molar-refractivity contribution is 5.97. The Morgan fingerprint density at radius 2 is 2.00 bits per heavy atom. The van der Waals surface area contributed by atoms with E-state index in [4.69, 9.17) is 13.7 Å². The molecule has 30 heavy (non-hydrogen) atoms. The van der Waals surface area contributed by atoms with Crippen molar-refractivity contribution in [3.63, 3.8) is 0 Å². The molecule has 1 aliphatic heterocycles. The maximum Gasteiger partial charge on any atom is 0.349 e. The van der Waals surface area contributed by atoms with Crippen LogP contribution in [0.15, 0.2) is 62.5 Å². The number of ether oxygens (including phenoxy) is 1. The first-order valence-corrected chi connectivity index (χ1v) is 9.28. The van der Waals surface area contributed by atoms with Crippen molar-refractivity contribution in [2.45, 2.75) is 5.92 Å². The van der Waals surface area contributed by atoms with Crippen LogP contribution < -0.4 is 10.4 Å². The highest BCUT2D eigenvalue weighted by atomic mass is 16.5. The molecular weight excluding hydrogens is 388 g/mol. The molecule has 0 aliphatic carbocycles. The summed E-state index contributed by atoms with van der Waals surface area (Å²) in [6.45, 7) is 0.763. The van der Waals surface area contributed by atoms with Crippen molar-refractivity contribution in [3.05, 3.63) is 70.7 Å². The lowest BCUT2D eigenvalue weighted by atomic mass is 9.99. The minimum absolute atomic E-state index is 0.0165. The Hall–Kier alpha value is -4.01. The summed E-state index contributed by atoms with van der Waals surface area (Å²) in [5.74, 6) is 0.902. The zero-order valence-corrected chi connectivity index (χ0v) is 15.9. The van der Waals surface area contributed by atoms with E-state index in [1.807, 2.05) is 0 Å². The molecule has 0 radical (unpaired) electrons. The molecule has 1 saturated heterocycles. The zero-order chi connectivity index (χ0) is 20.7. The van der Waals surface area contributed by atoms with Gasteiger partial charge in [0.2, 0.25) is 11.7 Å². The highest BCUT2D eigenvalue weighted by Crippen LogP contribution is 2.29. The van der Waals surface area contributed by atoms with Crippen LogP contribution >= 0.6 is 0 Å². The summed E-state index contributed by atoms with van der Waals surface area (Å²) in [4.78, 5) is 35.1. The summed E-state index contributed by atoms with van der Waals surface area (Å²) in [5, 5.41) is 4.61. The first-order chi connectivity index (χ1) is 14.6. The fraction of sp³-hybridized carbons (Fsp3) is 0.190. The third-order valence-corrected chi connectivity index (χ3v) is 5.07. The summed E-state index contributed by atoms with van der Waals surface area (Å²) >= 11 is 0. The molecule has 5 rings (SSSR count). The maximum absolute atomic E-state index is 12.8. The average molecular weight is 404 g/mol. The average Bonchev–Trinajstić information content (AvgIpc) is 3.22. The smallest absolute Gasteiger partial charge is 0.349 e. The Morgan fingerprint density at radius 1 is 1.20 bits per heavy atom. The number of likely N-dealkylation sites (tertiary alicyclic amines) is 1. The molecule has 150 valence electrons. The number of hydrogen-bond donors (Lipinski definition) is 0. The molecule has 0 N–H and O–H groups in total. The van der Waals surface area contributed by atoms with Gasteiger partial charge >= 0.3 is 5.63 Å². The second-order valence-corrected chi connectivity index (χ2v) is 6.93. The van der Waals surface area contributed by atoms with Crippen LogP contribution in [0.25, 0.3) is 22.4 Å². The van der Waals surface area contributed by atoms with Gasteiger partial charge in [-0.2, -0.15) is 4.98 Å². The molecule has 1 fully saturated rings. The molecule has 0 bridgehead atoms. The van der Waals surface area contributed by atoms with Gasteiger partial charge in [0.15, 0.2) is 11.3 Å². The van der Waals surface area contributed by atoms with E-state index in [0.717, 1.165) is 5.56 Å². The molecular formula is C21H16N4O5. The molecule has 4 heterocycles. The van der Waals surface area contributed by atoms with Crippen LogP contribution in [0.5, 0.6) is 5.75 Å². The second kappa shape index (κ2) is 7.11. The predicted octanol–water partition coefficient (Wildman–Crippen LogP) is 2.49. The Balaban J connectivity index is 1.33. The van der Waals surface area contributed by atoms with Crippen LogP contribution in [-0.2, 0) is 0 Å². The molecule has 3 aromatic heterocycles. The predicted molar refractivity (Wildman–Crippen MR) is 105 cm³/mol. The van der Waals surface area contributed by atoms with E-state index >= 15 is 0 Å². The van der Waals surface area contributed by atoms with E-state index in [2.05, 4.69) is 15.1 Å². The van der Waals surface area contributed by atoms with Crippen molar-refractivity contribution in [3.8, 4) is 17.1 Å². The van der Waals surface area contributed by atoms with E-state index in [1.165, 1.54) is 13.2 Å². The number of carbonyl (C=O) groups excluding carboxylic acids is 1. The number of amides is 1. The van der Waals surface area contributed by atoms with Crippen LogP contribution in [0.4, 0.5) is 0 Å². The lowest BCUT2D eigenvalue weighted by Gasteiger charge is -2.36. The molecule has 0 unspecified atom stereocenters. The Morgan fingerprint density at radius 3 is 2.77 bits per heavy atom. The minimum atomic E-state index is -0.696. The number of benzene rings is 1. The number of para-hydroxylation sites is 1. The van der Waals surface area contributed by atoms with E-state index in [9.17, 15) is 9.59 Å². The van der Waals surface area contributed by atoms with E-state index in [1.54, 1.807) is 47.6 Å². The van der Waals surface area contributed by atoms with Gasteiger partial charge in [-0.25, -0.2) is 4.79 Å².